The third kappa shape index (κ3) is 2.63. The number of benzene rings is 1. The van der Waals surface area contributed by atoms with E-state index < -0.39 is 5.82 Å². The summed E-state index contributed by atoms with van der Waals surface area (Å²) in [7, 11) is 3.48. The highest BCUT2D eigenvalue weighted by Gasteiger charge is 2.13. The number of nitrogens with two attached hydrogens (primary N) is 1. The number of anilines is 1. The van der Waals surface area contributed by atoms with E-state index >= 15 is 0 Å². The van der Waals surface area contributed by atoms with Gasteiger partial charge in [0.1, 0.15) is 0 Å². The summed E-state index contributed by atoms with van der Waals surface area (Å²) >= 11 is 0. The van der Waals surface area contributed by atoms with Gasteiger partial charge in [-0.05, 0) is 13.6 Å². The van der Waals surface area contributed by atoms with Gasteiger partial charge in [-0.2, -0.15) is 0 Å². The van der Waals surface area contributed by atoms with Gasteiger partial charge >= 0.3 is 0 Å². The molecule has 2 aromatic rings. The van der Waals surface area contributed by atoms with Crippen molar-refractivity contribution in [1.82, 2.24) is 14.5 Å². The topological polar surface area (TPSA) is 56.3 Å². The molecule has 0 unspecified atom stereocenters. The van der Waals surface area contributed by atoms with Crippen molar-refractivity contribution >= 4 is 17.0 Å². The van der Waals surface area contributed by atoms with Crippen molar-refractivity contribution in [2.75, 3.05) is 33.0 Å². The highest BCUT2D eigenvalue weighted by atomic mass is 19.1. The Kier molecular flexibility index (Phi) is 3.90. The minimum Gasteiger partial charge on any atom is -0.494 e. The van der Waals surface area contributed by atoms with Crippen LogP contribution in [0.15, 0.2) is 12.1 Å². The van der Waals surface area contributed by atoms with Crippen LogP contribution in [0.25, 0.3) is 11.0 Å². The maximum absolute atomic E-state index is 13.6. The van der Waals surface area contributed by atoms with Crippen LogP contribution in [0.1, 0.15) is 6.92 Å². The molecule has 0 bridgehead atoms. The second kappa shape index (κ2) is 5.44. The molecule has 2 rings (SSSR count). The largest absolute Gasteiger partial charge is 0.494 e. The van der Waals surface area contributed by atoms with Gasteiger partial charge in [0.05, 0.1) is 18.1 Å². The van der Waals surface area contributed by atoms with E-state index in [1.807, 2.05) is 11.6 Å². The molecule has 0 saturated carbocycles. The first-order chi connectivity index (χ1) is 9.06. The number of halogens is 1. The van der Waals surface area contributed by atoms with Crippen molar-refractivity contribution in [3.05, 3.63) is 17.9 Å². The van der Waals surface area contributed by atoms with Crippen LogP contribution in [0.3, 0.4) is 0 Å². The van der Waals surface area contributed by atoms with Crippen molar-refractivity contribution in [1.29, 1.82) is 0 Å². The number of nitrogens with zero attached hydrogens (tertiary/aromatic N) is 3. The van der Waals surface area contributed by atoms with Gasteiger partial charge in [0.15, 0.2) is 11.6 Å². The van der Waals surface area contributed by atoms with Crippen molar-refractivity contribution < 1.29 is 9.13 Å². The molecule has 104 valence electrons. The lowest BCUT2D eigenvalue weighted by Crippen LogP contribution is -2.23. The number of fused-ring (bicyclic) bond motifs is 1. The van der Waals surface area contributed by atoms with Crippen LogP contribution in [0, 0.1) is 5.82 Å². The molecule has 2 N–H and O–H groups in total. The SMILES string of the molecule is CCN(C)CCn1c(N)nc2cc(F)c(OC)cc21. The van der Waals surface area contributed by atoms with E-state index in [2.05, 4.69) is 16.8 Å². The molecule has 0 radical (unpaired) electrons. The molecule has 0 aliphatic heterocycles. The van der Waals surface area contributed by atoms with Crippen LogP contribution < -0.4 is 10.5 Å². The summed E-state index contributed by atoms with van der Waals surface area (Å²) in [5.74, 6) is 0.176. The molecule has 0 saturated heterocycles. The van der Waals surface area contributed by atoms with Gasteiger partial charge in [0.25, 0.3) is 0 Å². The minimum atomic E-state index is -0.426. The number of ether oxygens (including phenoxy) is 1. The molecule has 0 atom stereocenters. The summed E-state index contributed by atoms with van der Waals surface area (Å²) in [6.07, 6.45) is 0. The lowest BCUT2D eigenvalue weighted by molar-refractivity contribution is 0.338. The molecular formula is C13H19FN4O. The quantitative estimate of drug-likeness (QED) is 0.895. The molecule has 0 fully saturated rings. The first-order valence-electron chi connectivity index (χ1n) is 6.24. The monoisotopic (exact) mass is 266 g/mol. The first-order valence-corrected chi connectivity index (χ1v) is 6.24. The van der Waals surface area contributed by atoms with E-state index in [9.17, 15) is 4.39 Å². The Hall–Kier alpha value is -1.82. The van der Waals surface area contributed by atoms with Crippen molar-refractivity contribution in [3.63, 3.8) is 0 Å². The fraction of sp³-hybridized carbons (Fsp3) is 0.462. The zero-order valence-electron chi connectivity index (χ0n) is 11.5. The normalized spacial score (nSPS) is 11.4. The van der Waals surface area contributed by atoms with Crippen molar-refractivity contribution in [2.24, 2.45) is 0 Å². The Bertz CT molecular complexity index is 582. The number of methoxy groups -OCH3 is 1. The third-order valence-electron chi connectivity index (χ3n) is 3.30. The number of imidazole rings is 1. The van der Waals surface area contributed by atoms with Crippen LogP contribution in [-0.4, -0.2) is 41.7 Å². The number of aromatic nitrogens is 2. The lowest BCUT2D eigenvalue weighted by atomic mass is 10.3. The van der Waals surface area contributed by atoms with E-state index in [4.69, 9.17) is 10.5 Å². The standard InChI is InChI=1S/C13H19FN4O/c1-4-17(2)5-6-18-11-8-12(19-3)9(14)7-10(11)16-13(18)15/h7-8H,4-6H2,1-3H3,(H2,15,16). The summed E-state index contributed by atoms with van der Waals surface area (Å²) in [5.41, 5.74) is 7.24. The fourth-order valence-corrected chi connectivity index (χ4v) is 1.97. The first kappa shape index (κ1) is 13.6. The van der Waals surface area contributed by atoms with E-state index in [0.29, 0.717) is 18.0 Å². The second-order valence-corrected chi connectivity index (χ2v) is 4.49. The number of rotatable bonds is 5. The molecule has 0 amide bonds. The lowest BCUT2D eigenvalue weighted by Gasteiger charge is -2.15. The van der Waals surface area contributed by atoms with Crippen LogP contribution >= 0.6 is 0 Å². The minimum absolute atomic E-state index is 0.206. The smallest absolute Gasteiger partial charge is 0.201 e. The summed E-state index contributed by atoms with van der Waals surface area (Å²) in [6, 6.07) is 2.99. The highest BCUT2D eigenvalue weighted by molar-refractivity contribution is 5.80. The second-order valence-electron chi connectivity index (χ2n) is 4.49. The molecule has 1 aromatic heterocycles. The average Bonchev–Trinajstić information content (AvgIpc) is 2.69. The van der Waals surface area contributed by atoms with Gasteiger partial charge in [-0.3, -0.25) is 0 Å². The van der Waals surface area contributed by atoms with E-state index in [1.54, 1.807) is 6.07 Å². The third-order valence-corrected chi connectivity index (χ3v) is 3.30. The van der Waals surface area contributed by atoms with Crippen LogP contribution in [-0.2, 0) is 6.54 Å². The van der Waals surface area contributed by atoms with E-state index in [0.717, 1.165) is 18.6 Å². The average molecular weight is 266 g/mol. The maximum Gasteiger partial charge on any atom is 0.201 e. The van der Waals surface area contributed by atoms with Gasteiger partial charge in [-0.15, -0.1) is 0 Å². The summed E-state index contributed by atoms with van der Waals surface area (Å²) in [4.78, 5) is 6.35. The predicted octanol–water partition coefficient (Wildman–Crippen LogP) is 1.72. The molecule has 0 aliphatic rings. The number of nitrogen functional groups attached to an aromatic ring is 1. The zero-order chi connectivity index (χ0) is 14.0. The van der Waals surface area contributed by atoms with Crippen LogP contribution in [0.2, 0.25) is 0 Å². The van der Waals surface area contributed by atoms with Gasteiger partial charge < -0.3 is 19.9 Å². The molecule has 5 nitrogen and oxygen atoms in total. The highest BCUT2D eigenvalue weighted by Crippen LogP contribution is 2.26. The summed E-state index contributed by atoms with van der Waals surface area (Å²) in [5, 5.41) is 0. The Morgan fingerprint density at radius 1 is 1.47 bits per heavy atom. The van der Waals surface area contributed by atoms with Crippen LogP contribution in [0.4, 0.5) is 10.3 Å². The van der Waals surface area contributed by atoms with Crippen molar-refractivity contribution in [2.45, 2.75) is 13.5 Å². The van der Waals surface area contributed by atoms with E-state index in [-0.39, 0.29) is 5.75 Å². The zero-order valence-corrected chi connectivity index (χ0v) is 11.5. The molecule has 6 heteroatoms. The van der Waals surface area contributed by atoms with Gasteiger partial charge in [0.2, 0.25) is 5.95 Å². The fourth-order valence-electron chi connectivity index (χ4n) is 1.97. The number of hydrogen-bond acceptors (Lipinski definition) is 4. The number of hydrogen-bond donors (Lipinski definition) is 1. The maximum atomic E-state index is 13.6. The molecule has 19 heavy (non-hydrogen) atoms. The molecule has 1 heterocycles. The van der Waals surface area contributed by atoms with Crippen LogP contribution in [0.5, 0.6) is 5.75 Å². The Morgan fingerprint density at radius 2 is 2.21 bits per heavy atom. The summed E-state index contributed by atoms with van der Waals surface area (Å²) < 4.78 is 20.5. The van der Waals surface area contributed by atoms with Crippen molar-refractivity contribution in [3.8, 4) is 5.75 Å². The van der Waals surface area contributed by atoms with Gasteiger partial charge in [-0.25, -0.2) is 9.37 Å². The van der Waals surface area contributed by atoms with Gasteiger partial charge in [0, 0.05) is 25.2 Å². The summed E-state index contributed by atoms with van der Waals surface area (Å²) in [6.45, 7) is 4.62. The Morgan fingerprint density at radius 3 is 2.84 bits per heavy atom. The molecular weight excluding hydrogens is 247 g/mol. The predicted molar refractivity (Wildman–Crippen MR) is 73.8 cm³/mol. The molecule has 0 spiro atoms. The van der Waals surface area contributed by atoms with E-state index in [1.165, 1.54) is 13.2 Å². The Balaban J connectivity index is 2.39. The Labute approximate surface area is 111 Å². The molecule has 0 aliphatic carbocycles. The van der Waals surface area contributed by atoms with Gasteiger partial charge in [-0.1, -0.05) is 6.92 Å². The molecule has 1 aromatic carbocycles. The number of likely N-dealkylation sites (N-methyl/N-ethyl adjacent to an activating group) is 1.